The number of nitrogens with two attached hydrogens (primary N) is 1. The summed E-state index contributed by atoms with van der Waals surface area (Å²) in [5.74, 6) is 0. The number of aromatic nitrogens is 2. The number of aromatic amines is 1. The van der Waals surface area contributed by atoms with E-state index in [9.17, 15) is 0 Å². The summed E-state index contributed by atoms with van der Waals surface area (Å²) >= 11 is 5.94. The Balaban J connectivity index is 2.66. The standard InChI is InChI=1S/C10H12ClN3/c1-2-8(12)7-5-14-10(11)9-6(7)3-4-13-9/h3-5,8,13H,2,12H2,1H3/t8-/m1/s1. The fraction of sp³-hybridized carbons (Fsp3) is 0.300. The van der Waals surface area contributed by atoms with Crippen molar-refractivity contribution < 1.29 is 0 Å². The predicted octanol–water partition coefficient (Wildman–Crippen LogP) is 2.63. The highest BCUT2D eigenvalue weighted by molar-refractivity contribution is 6.33. The number of nitrogens with zero attached hydrogens (tertiary/aromatic N) is 1. The summed E-state index contributed by atoms with van der Waals surface area (Å²) in [5.41, 5.74) is 7.89. The molecule has 3 nitrogen and oxygen atoms in total. The van der Waals surface area contributed by atoms with E-state index in [1.165, 1.54) is 0 Å². The van der Waals surface area contributed by atoms with Gasteiger partial charge >= 0.3 is 0 Å². The highest BCUT2D eigenvalue weighted by Crippen LogP contribution is 2.27. The molecule has 74 valence electrons. The summed E-state index contributed by atoms with van der Waals surface area (Å²) in [4.78, 5) is 7.16. The summed E-state index contributed by atoms with van der Waals surface area (Å²) in [5, 5.41) is 1.57. The average Bonchev–Trinajstić information content (AvgIpc) is 2.67. The summed E-state index contributed by atoms with van der Waals surface area (Å²) in [6.45, 7) is 2.05. The van der Waals surface area contributed by atoms with Gasteiger partial charge in [-0.3, -0.25) is 0 Å². The number of H-pyrrole nitrogens is 1. The van der Waals surface area contributed by atoms with E-state index in [1.54, 1.807) is 6.20 Å². The van der Waals surface area contributed by atoms with Gasteiger partial charge in [0.05, 0.1) is 5.52 Å². The Bertz CT molecular complexity index is 450. The number of pyridine rings is 1. The van der Waals surface area contributed by atoms with E-state index in [0.717, 1.165) is 22.9 Å². The lowest BCUT2D eigenvalue weighted by Gasteiger charge is -2.10. The van der Waals surface area contributed by atoms with E-state index in [1.807, 2.05) is 12.3 Å². The Morgan fingerprint density at radius 2 is 2.43 bits per heavy atom. The van der Waals surface area contributed by atoms with E-state index in [0.29, 0.717) is 5.15 Å². The molecule has 0 aromatic carbocycles. The Kier molecular flexibility index (Phi) is 2.44. The summed E-state index contributed by atoms with van der Waals surface area (Å²) < 4.78 is 0. The zero-order valence-corrected chi connectivity index (χ0v) is 8.67. The first-order valence-corrected chi connectivity index (χ1v) is 4.99. The van der Waals surface area contributed by atoms with Crippen molar-refractivity contribution in [3.8, 4) is 0 Å². The van der Waals surface area contributed by atoms with E-state index in [-0.39, 0.29) is 6.04 Å². The molecule has 0 fully saturated rings. The van der Waals surface area contributed by atoms with Crippen molar-refractivity contribution in [3.63, 3.8) is 0 Å². The lowest BCUT2D eigenvalue weighted by molar-refractivity contribution is 0.701. The normalized spacial score (nSPS) is 13.4. The van der Waals surface area contributed by atoms with Crippen molar-refractivity contribution in [2.45, 2.75) is 19.4 Å². The molecule has 0 bridgehead atoms. The van der Waals surface area contributed by atoms with Crippen LogP contribution < -0.4 is 5.73 Å². The molecular formula is C10H12ClN3. The summed E-state index contributed by atoms with van der Waals surface area (Å²) in [6.07, 6.45) is 4.50. The topological polar surface area (TPSA) is 54.7 Å². The number of halogens is 1. The quantitative estimate of drug-likeness (QED) is 0.748. The van der Waals surface area contributed by atoms with Crippen LogP contribution in [-0.4, -0.2) is 9.97 Å². The molecule has 0 aliphatic carbocycles. The second-order valence-electron chi connectivity index (χ2n) is 3.29. The minimum Gasteiger partial charge on any atom is -0.359 e. The van der Waals surface area contributed by atoms with Gasteiger partial charge in [0.1, 0.15) is 0 Å². The van der Waals surface area contributed by atoms with Gasteiger partial charge in [-0.25, -0.2) is 4.98 Å². The number of fused-ring (bicyclic) bond motifs is 1. The van der Waals surface area contributed by atoms with E-state index < -0.39 is 0 Å². The fourth-order valence-electron chi connectivity index (χ4n) is 1.56. The minimum absolute atomic E-state index is 0.0260. The smallest absolute Gasteiger partial charge is 0.153 e. The molecule has 0 saturated heterocycles. The molecule has 0 unspecified atom stereocenters. The van der Waals surface area contributed by atoms with Crippen molar-refractivity contribution in [1.82, 2.24) is 9.97 Å². The Morgan fingerprint density at radius 1 is 1.64 bits per heavy atom. The summed E-state index contributed by atoms with van der Waals surface area (Å²) in [6, 6.07) is 2.01. The number of rotatable bonds is 2. The molecule has 0 aliphatic heterocycles. The third kappa shape index (κ3) is 1.38. The van der Waals surface area contributed by atoms with Gasteiger partial charge < -0.3 is 10.7 Å². The number of hydrogen-bond donors (Lipinski definition) is 2. The molecule has 2 rings (SSSR count). The van der Waals surface area contributed by atoms with Crippen LogP contribution in [0.3, 0.4) is 0 Å². The van der Waals surface area contributed by atoms with Gasteiger partial charge in [-0.2, -0.15) is 0 Å². The van der Waals surface area contributed by atoms with Crippen LogP contribution in [0.5, 0.6) is 0 Å². The van der Waals surface area contributed by atoms with Crippen molar-refractivity contribution in [1.29, 1.82) is 0 Å². The van der Waals surface area contributed by atoms with Gasteiger partial charge in [0.15, 0.2) is 5.15 Å². The first-order valence-electron chi connectivity index (χ1n) is 4.61. The monoisotopic (exact) mass is 209 g/mol. The minimum atomic E-state index is 0.0260. The average molecular weight is 210 g/mol. The fourth-order valence-corrected chi connectivity index (χ4v) is 1.76. The molecule has 1 atom stereocenters. The van der Waals surface area contributed by atoms with Crippen LogP contribution in [0.25, 0.3) is 10.9 Å². The van der Waals surface area contributed by atoms with Crippen LogP contribution in [0.2, 0.25) is 5.15 Å². The van der Waals surface area contributed by atoms with E-state index in [4.69, 9.17) is 17.3 Å². The molecule has 2 aromatic rings. The third-order valence-electron chi connectivity index (χ3n) is 2.42. The second kappa shape index (κ2) is 3.59. The maximum Gasteiger partial charge on any atom is 0.153 e. The SMILES string of the molecule is CC[C@@H](N)c1cnc(Cl)c2[nH]ccc12. The molecule has 2 heterocycles. The first kappa shape index (κ1) is 9.49. The maximum absolute atomic E-state index is 5.97. The molecule has 4 heteroatoms. The molecule has 14 heavy (non-hydrogen) atoms. The lowest BCUT2D eigenvalue weighted by Crippen LogP contribution is -2.09. The highest BCUT2D eigenvalue weighted by Gasteiger charge is 2.11. The number of hydrogen-bond acceptors (Lipinski definition) is 2. The van der Waals surface area contributed by atoms with E-state index >= 15 is 0 Å². The van der Waals surface area contributed by atoms with Gasteiger partial charge in [0.2, 0.25) is 0 Å². The number of nitrogens with one attached hydrogen (secondary N) is 1. The third-order valence-corrected chi connectivity index (χ3v) is 2.71. The van der Waals surface area contributed by atoms with Crippen LogP contribution in [0, 0.1) is 0 Å². The Hall–Kier alpha value is -1.06. The van der Waals surface area contributed by atoms with Crippen LogP contribution in [0.15, 0.2) is 18.5 Å². The molecule has 0 amide bonds. The first-order chi connectivity index (χ1) is 6.74. The second-order valence-corrected chi connectivity index (χ2v) is 3.64. The zero-order valence-electron chi connectivity index (χ0n) is 7.92. The molecular weight excluding hydrogens is 198 g/mol. The van der Waals surface area contributed by atoms with Crippen molar-refractivity contribution in [2.75, 3.05) is 0 Å². The van der Waals surface area contributed by atoms with Crippen molar-refractivity contribution in [3.05, 3.63) is 29.2 Å². The predicted molar refractivity (Wildman–Crippen MR) is 58.3 cm³/mol. The Labute approximate surface area is 87.3 Å². The van der Waals surface area contributed by atoms with Crippen LogP contribution >= 0.6 is 11.6 Å². The molecule has 3 N–H and O–H groups in total. The largest absolute Gasteiger partial charge is 0.359 e. The van der Waals surface area contributed by atoms with Gasteiger partial charge in [-0.1, -0.05) is 18.5 Å². The lowest BCUT2D eigenvalue weighted by atomic mass is 10.0. The van der Waals surface area contributed by atoms with Crippen LogP contribution in [-0.2, 0) is 0 Å². The Morgan fingerprint density at radius 3 is 3.14 bits per heavy atom. The van der Waals surface area contributed by atoms with Crippen molar-refractivity contribution >= 4 is 22.5 Å². The van der Waals surface area contributed by atoms with Crippen molar-refractivity contribution in [2.24, 2.45) is 5.73 Å². The molecule has 0 spiro atoms. The van der Waals surface area contributed by atoms with E-state index in [2.05, 4.69) is 16.9 Å². The van der Waals surface area contributed by atoms with Gasteiger partial charge in [-0.15, -0.1) is 0 Å². The summed E-state index contributed by atoms with van der Waals surface area (Å²) in [7, 11) is 0. The van der Waals surface area contributed by atoms with Crippen LogP contribution in [0.4, 0.5) is 0 Å². The molecule has 0 radical (unpaired) electrons. The maximum atomic E-state index is 5.97. The van der Waals surface area contributed by atoms with Gasteiger partial charge in [0.25, 0.3) is 0 Å². The molecule has 0 aliphatic rings. The van der Waals surface area contributed by atoms with Gasteiger partial charge in [0, 0.05) is 23.8 Å². The van der Waals surface area contributed by atoms with Gasteiger partial charge in [-0.05, 0) is 18.1 Å². The molecule has 2 aromatic heterocycles. The molecule has 0 saturated carbocycles. The van der Waals surface area contributed by atoms with Crippen LogP contribution in [0.1, 0.15) is 24.9 Å². The zero-order chi connectivity index (χ0) is 10.1. The highest BCUT2D eigenvalue weighted by atomic mass is 35.5.